The van der Waals surface area contributed by atoms with Gasteiger partial charge in [-0.25, -0.2) is 0 Å². The molecule has 36 heavy (non-hydrogen) atoms. The van der Waals surface area contributed by atoms with Gasteiger partial charge >= 0.3 is 6.18 Å². The van der Waals surface area contributed by atoms with E-state index in [0.29, 0.717) is 16.7 Å². The fourth-order valence-corrected chi connectivity index (χ4v) is 5.14. The number of hydrogen-bond acceptors (Lipinski definition) is 3. The van der Waals surface area contributed by atoms with Crippen molar-refractivity contribution >= 4 is 29.1 Å². The standard InChI is InChI=1S/C27H25Cl2F3N2O2/c1-16-11-19(9-10-23(16)25(35)33-17(2)18-7-5-4-6-8-18)24-15-26(27(30,31)32,36-34(24)3)20-12-21(28)14-22(29)13-20/h4-14,17,24H,15H2,1-3H3,(H,33,35). The van der Waals surface area contributed by atoms with Crippen LogP contribution in [0.25, 0.3) is 0 Å². The average Bonchev–Trinajstić information content (AvgIpc) is 3.17. The summed E-state index contributed by atoms with van der Waals surface area (Å²) in [4.78, 5) is 18.4. The van der Waals surface area contributed by atoms with Gasteiger partial charge in [0.05, 0.1) is 12.1 Å². The number of carbonyl (C=O) groups is 1. The van der Waals surface area contributed by atoms with Gasteiger partial charge in [0, 0.05) is 29.1 Å². The molecule has 0 aromatic heterocycles. The van der Waals surface area contributed by atoms with E-state index in [9.17, 15) is 18.0 Å². The van der Waals surface area contributed by atoms with Crippen LogP contribution in [0.4, 0.5) is 13.2 Å². The quantitative estimate of drug-likeness (QED) is 0.365. The molecule has 1 saturated heterocycles. The van der Waals surface area contributed by atoms with E-state index in [0.717, 1.165) is 5.56 Å². The van der Waals surface area contributed by atoms with E-state index in [-0.39, 0.29) is 27.6 Å². The van der Waals surface area contributed by atoms with Crippen LogP contribution in [0, 0.1) is 6.92 Å². The number of nitrogens with zero attached hydrogens (tertiary/aromatic N) is 1. The molecule has 1 aliphatic heterocycles. The van der Waals surface area contributed by atoms with Crippen LogP contribution in [0.3, 0.4) is 0 Å². The first-order valence-electron chi connectivity index (χ1n) is 11.3. The van der Waals surface area contributed by atoms with Crippen LogP contribution in [-0.4, -0.2) is 24.2 Å². The van der Waals surface area contributed by atoms with Crippen molar-refractivity contribution in [3.63, 3.8) is 0 Å². The second kappa shape index (κ2) is 10.1. The number of aryl methyl sites for hydroxylation is 1. The monoisotopic (exact) mass is 536 g/mol. The SMILES string of the molecule is Cc1cc(C2CC(c3cc(Cl)cc(Cl)c3)(C(F)(F)F)ON2C)ccc1C(=O)NC(C)c1ccccc1. The highest BCUT2D eigenvalue weighted by Gasteiger charge is 2.63. The highest BCUT2D eigenvalue weighted by atomic mass is 35.5. The lowest BCUT2D eigenvalue weighted by atomic mass is 9.85. The lowest BCUT2D eigenvalue weighted by molar-refractivity contribution is -0.322. The maximum Gasteiger partial charge on any atom is 0.423 e. The molecule has 9 heteroatoms. The number of amides is 1. The summed E-state index contributed by atoms with van der Waals surface area (Å²) in [6.45, 7) is 3.65. The minimum Gasteiger partial charge on any atom is -0.346 e. The lowest BCUT2D eigenvalue weighted by Gasteiger charge is -2.31. The van der Waals surface area contributed by atoms with Crippen LogP contribution >= 0.6 is 23.2 Å². The molecule has 3 atom stereocenters. The number of carbonyl (C=O) groups excluding carboxylic acids is 1. The average molecular weight is 537 g/mol. The largest absolute Gasteiger partial charge is 0.423 e. The Morgan fingerprint density at radius 1 is 1.08 bits per heavy atom. The molecule has 4 rings (SSSR count). The maximum atomic E-state index is 14.4. The molecule has 0 aliphatic carbocycles. The predicted octanol–water partition coefficient (Wildman–Crippen LogP) is 7.56. The molecule has 0 bridgehead atoms. The Morgan fingerprint density at radius 2 is 1.72 bits per heavy atom. The molecule has 1 fully saturated rings. The summed E-state index contributed by atoms with van der Waals surface area (Å²) in [6.07, 6.45) is -5.13. The second-order valence-corrected chi connectivity index (χ2v) is 9.89. The Kier molecular flexibility index (Phi) is 7.40. The third kappa shape index (κ3) is 5.11. The van der Waals surface area contributed by atoms with Gasteiger partial charge in [-0.2, -0.15) is 18.2 Å². The Hall–Kier alpha value is -2.58. The molecule has 190 valence electrons. The van der Waals surface area contributed by atoms with Gasteiger partial charge in [-0.15, -0.1) is 0 Å². The molecule has 3 aromatic carbocycles. The first kappa shape index (κ1) is 26.5. The number of hydrogen-bond donors (Lipinski definition) is 1. The number of hydroxylamine groups is 2. The van der Waals surface area contributed by atoms with E-state index in [1.165, 1.54) is 30.3 Å². The van der Waals surface area contributed by atoms with Crippen molar-refractivity contribution in [1.29, 1.82) is 0 Å². The molecule has 1 amide bonds. The summed E-state index contributed by atoms with van der Waals surface area (Å²) in [6, 6.07) is 17.5. The summed E-state index contributed by atoms with van der Waals surface area (Å²) in [5, 5.41) is 4.35. The fourth-order valence-electron chi connectivity index (χ4n) is 4.61. The van der Waals surface area contributed by atoms with Crippen LogP contribution in [0.5, 0.6) is 0 Å². The molecule has 1 aliphatic rings. The van der Waals surface area contributed by atoms with E-state index in [2.05, 4.69) is 5.32 Å². The fraction of sp³-hybridized carbons (Fsp3) is 0.296. The number of benzene rings is 3. The van der Waals surface area contributed by atoms with E-state index >= 15 is 0 Å². The summed E-state index contributed by atoms with van der Waals surface area (Å²) in [5.74, 6) is -0.260. The van der Waals surface area contributed by atoms with Gasteiger partial charge in [-0.3, -0.25) is 9.63 Å². The summed E-state index contributed by atoms with van der Waals surface area (Å²) in [7, 11) is 1.46. The van der Waals surface area contributed by atoms with Crippen molar-refractivity contribution < 1.29 is 22.8 Å². The number of rotatable bonds is 5. The van der Waals surface area contributed by atoms with Gasteiger partial charge in [-0.1, -0.05) is 65.7 Å². The number of nitrogens with one attached hydrogen (secondary N) is 1. The molecule has 1 N–H and O–H groups in total. The van der Waals surface area contributed by atoms with Gasteiger partial charge in [-0.05, 0) is 60.4 Å². The Bertz CT molecular complexity index is 1250. The summed E-state index contributed by atoms with van der Waals surface area (Å²) >= 11 is 12.0. The van der Waals surface area contributed by atoms with Crippen molar-refractivity contribution in [2.24, 2.45) is 0 Å². The normalized spacial score (nSPS) is 21.4. The highest BCUT2D eigenvalue weighted by molar-refractivity contribution is 6.34. The Morgan fingerprint density at radius 3 is 2.31 bits per heavy atom. The predicted molar refractivity (Wildman–Crippen MR) is 134 cm³/mol. The molecule has 0 radical (unpaired) electrons. The van der Waals surface area contributed by atoms with E-state index in [1.807, 2.05) is 37.3 Å². The van der Waals surface area contributed by atoms with Gasteiger partial charge in [0.25, 0.3) is 5.91 Å². The van der Waals surface area contributed by atoms with Crippen molar-refractivity contribution in [3.8, 4) is 0 Å². The molecule has 3 aromatic rings. The first-order valence-corrected chi connectivity index (χ1v) is 12.1. The maximum absolute atomic E-state index is 14.4. The van der Waals surface area contributed by atoms with Gasteiger partial charge in [0.2, 0.25) is 5.60 Å². The van der Waals surface area contributed by atoms with Crippen LogP contribution in [-0.2, 0) is 10.4 Å². The van der Waals surface area contributed by atoms with E-state index in [1.54, 1.807) is 25.1 Å². The van der Waals surface area contributed by atoms with Gasteiger partial charge in [0.15, 0.2) is 0 Å². The summed E-state index contributed by atoms with van der Waals surface area (Å²) in [5.41, 5.74) is -0.114. The molecule has 3 unspecified atom stereocenters. The lowest BCUT2D eigenvalue weighted by Crippen LogP contribution is -2.42. The molecular weight excluding hydrogens is 512 g/mol. The smallest absolute Gasteiger partial charge is 0.346 e. The zero-order valence-electron chi connectivity index (χ0n) is 19.9. The Labute approximate surface area is 217 Å². The van der Waals surface area contributed by atoms with Crippen molar-refractivity contribution in [2.75, 3.05) is 7.05 Å². The van der Waals surface area contributed by atoms with Crippen LogP contribution < -0.4 is 5.32 Å². The number of alkyl halides is 3. The molecular formula is C27H25Cl2F3N2O2. The van der Waals surface area contributed by atoms with E-state index in [4.69, 9.17) is 28.0 Å². The van der Waals surface area contributed by atoms with Crippen molar-refractivity contribution in [3.05, 3.63) is 105 Å². The molecule has 0 spiro atoms. The second-order valence-electron chi connectivity index (χ2n) is 9.02. The Balaban J connectivity index is 1.60. The highest BCUT2D eigenvalue weighted by Crippen LogP contribution is 2.54. The number of halogens is 5. The summed E-state index contributed by atoms with van der Waals surface area (Å²) < 4.78 is 43.3. The molecule has 4 nitrogen and oxygen atoms in total. The van der Waals surface area contributed by atoms with Crippen molar-refractivity contribution in [1.82, 2.24) is 10.4 Å². The topological polar surface area (TPSA) is 41.6 Å². The van der Waals surface area contributed by atoms with Crippen LogP contribution in [0.2, 0.25) is 10.0 Å². The van der Waals surface area contributed by atoms with Crippen LogP contribution in [0.15, 0.2) is 66.7 Å². The minimum absolute atomic E-state index is 0.0896. The molecule has 0 saturated carbocycles. The zero-order chi connectivity index (χ0) is 26.3. The third-order valence-electron chi connectivity index (χ3n) is 6.53. The van der Waals surface area contributed by atoms with Crippen LogP contribution in [0.1, 0.15) is 58.0 Å². The molecule has 1 heterocycles. The van der Waals surface area contributed by atoms with Gasteiger partial charge < -0.3 is 5.32 Å². The van der Waals surface area contributed by atoms with Gasteiger partial charge in [0.1, 0.15) is 0 Å². The van der Waals surface area contributed by atoms with Crippen molar-refractivity contribution in [2.45, 2.75) is 44.1 Å². The minimum atomic E-state index is -4.73. The van der Waals surface area contributed by atoms with E-state index < -0.39 is 24.2 Å². The first-order chi connectivity index (χ1) is 16.9. The third-order valence-corrected chi connectivity index (χ3v) is 6.97. The zero-order valence-corrected chi connectivity index (χ0v) is 21.4.